The Bertz CT molecular complexity index is 659. The van der Waals surface area contributed by atoms with E-state index in [2.05, 4.69) is 15.5 Å². The lowest BCUT2D eigenvalue weighted by atomic mass is 10.1. The second-order valence-corrected chi connectivity index (χ2v) is 4.42. The van der Waals surface area contributed by atoms with Crippen LogP contribution in [0.3, 0.4) is 0 Å². The summed E-state index contributed by atoms with van der Waals surface area (Å²) in [5.41, 5.74) is 1.59. The zero-order valence-electron chi connectivity index (χ0n) is 10.7. The Hall–Kier alpha value is -2.82. The van der Waals surface area contributed by atoms with Crippen LogP contribution in [-0.2, 0) is 4.79 Å². The minimum Gasteiger partial charge on any atom is -0.338 e. The monoisotopic (exact) mass is 266 g/mol. The van der Waals surface area contributed by atoms with Crippen molar-refractivity contribution in [2.24, 2.45) is 0 Å². The maximum atomic E-state index is 12.5. The van der Waals surface area contributed by atoms with E-state index in [1.165, 1.54) is 0 Å². The molecule has 0 aliphatic carbocycles. The van der Waals surface area contributed by atoms with Gasteiger partial charge in [0, 0.05) is 18.6 Å². The number of H-pyrrole nitrogens is 1. The van der Waals surface area contributed by atoms with E-state index in [9.17, 15) is 4.79 Å². The first-order valence-corrected chi connectivity index (χ1v) is 6.31. The van der Waals surface area contributed by atoms with Gasteiger partial charge in [-0.2, -0.15) is 5.10 Å². The van der Waals surface area contributed by atoms with Gasteiger partial charge in [0.1, 0.15) is 6.04 Å². The number of nitrogens with zero attached hydrogens (tertiary/aromatic N) is 2. The molecule has 3 aromatic rings. The van der Waals surface area contributed by atoms with Crippen LogP contribution in [-0.4, -0.2) is 20.7 Å². The molecule has 0 aliphatic heterocycles. The summed E-state index contributed by atoms with van der Waals surface area (Å²) in [6, 6.07) is 13.1. The molecule has 1 aromatic carbocycles. The average molecular weight is 266 g/mol. The zero-order chi connectivity index (χ0) is 13.8. The van der Waals surface area contributed by atoms with Crippen molar-refractivity contribution in [2.45, 2.75) is 6.04 Å². The number of rotatable bonds is 4. The molecule has 0 saturated carbocycles. The molecule has 20 heavy (non-hydrogen) atoms. The Balaban J connectivity index is 1.92. The van der Waals surface area contributed by atoms with Gasteiger partial charge in [0.2, 0.25) is 0 Å². The summed E-state index contributed by atoms with van der Waals surface area (Å²) in [7, 11) is 0. The smallest absolute Gasteiger partial charge is 0.252 e. The molecule has 0 aliphatic rings. The van der Waals surface area contributed by atoms with E-state index in [-0.39, 0.29) is 5.91 Å². The van der Waals surface area contributed by atoms with Crippen molar-refractivity contribution in [3.63, 3.8) is 0 Å². The predicted molar refractivity (Wildman–Crippen MR) is 76.2 cm³/mol. The Labute approximate surface area is 116 Å². The van der Waals surface area contributed by atoms with Crippen LogP contribution >= 0.6 is 0 Å². The number of carbonyl (C=O) groups is 1. The number of nitrogens with one attached hydrogen (secondary N) is 2. The van der Waals surface area contributed by atoms with Gasteiger partial charge in [-0.25, -0.2) is 0 Å². The number of benzene rings is 1. The summed E-state index contributed by atoms with van der Waals surface area (Å²) in [4.78, 5) is 12.5. The fourth-order valence-electron chi connectivity index (χ4n) is 2.14. The third kappa shape index (κ3) is 2.47. The van der Waals surface area contributed by atoms with Crippen molar-refractivity contribution in [2.75, 3.05) is 5.32 Å². The highest BCUT2D eigenvalue weighted by Crippen LogP contribution is 2.20. The standard InChI is InChI=1S/C15H14N4O/c20-15(18-13-10-16-17-11-13)14(19-8-4-5-9-19)12-6-2-1-3-7-12/h1-11,14H,(H,16,17)(H,18,20). The van der Waals surface area contributed by atoms with Crippen LogP contribution < -0.4 is 5.32 Å². The Kier molecular flexibility index (Phi) is 3.33. The van der Waals surface area contributed by atoms with Gasteiger partial charge in [0.15, 0.2) is 0 Å². The molecular formula is C15H14N4O. The number of anilines is 1. The van der Waals surface area contributed by atoms with Gasteiger partial charge in [-0.3, -0.25) is 9.89 Å². The van der Waals surface area contributed by atoms with E-state index in [4.69, 9.17) is 0 Å². The predicted octanol–water partition coefficient (Wildman–Crippen LogP) is 2.44. The van der Waals surface area contributed by atoms with Crippen LogP contribution in [0, 0.1) is 0 Å². The normalized spacial score (nSPS) is 12.0. The molecule has 1 amide bonds. The van der Waals surface area contributed by atoms with Crippen LogP contribution in [0.25, 0.3) is 0 Å². The van der Waals surface area contributed by atoms with Crippen molar-refractivity contribution < 1.29 is 4.79 Å². The fraction of sp³-hybridized carbons (Fsp3) is 0.0667. The SMILES string of the molecule is O=C(Nc1cn[nH]c1)C(c1ccccc1)n1cccc1. The van der Waals surface area contributed by atoms with E-state index in [1.807, 2.05) is 59.4 Å². The van der Waals surface area contributed by atoms with Gasteiger partial charge >= 0.3 is 0 Å². The number of amides is 1. The van der Waals surface area contributed by atoms with Crippen LogP contribution in [0.1, 0.15) is 11.6 Å². The van der Waals surface area contributed by atoms with E-state index in [0.29, 0.717) is 5.69 Å². The number of carbonyl (C=O) groups excluding carboxylic acids is 1. The molecule has 0 fully saturated rings. The van der Waals surface area contributed by atoms with Crippen molar-refractivity contribution in [1.82, 2.24) is 14.8 Å². The highest BCUT2D eigenvalue weighted by Gasteiger charge is 2.21. The summed E-state index contributed by atoms with van der Waals surface area (Å²) in [6.07, 6.45) is 6.99. The van der Waals surface area contributed by atoms with E-state index >= 15 is 0 Å². The van der Waals surface area contributed by atoms with E-state index in [0.717, 1.165) is 5.56 Å². The molecule has 5 heteroatoms. The lowest BCUT2D eigenvalue weighted by Gasteiger charge is -2.18. The molecule has 2 N–H and O–H groups in total. The lowest BCUT2D eigenvalue weighted by Crippen LogP contribution is -2.26. The first-order chi connectivity index (χ1) is 9.84. The van der Waals surface area contributed by atoms with Crippen molar-refractivity contribution in [3.8, 4) is 0 Å². The number of hydrogen-bond acceptors (Lipinski definition) is 2. The molecule has 0 radical (unpaired) electrons. The van der Waals surface area contributed by atoms with Crippen molar-refractivity contribution in [1.29, 1.82) is 0 Å². The fourth-order valence-corrected chi connectivity index (χ4v) is 2.14. The molecule has 3 rings (SSSR count). The summed E-state index contributed by atoms with van der Waals surface area (Å²) in [5, 5.41) is 9.36. The minimum atomic E-state index is -0.402. The Morgan fingerprint density at radius 1 is 1.15 bits per heavy atom. The largest absolute Gasteiger partial charge is 0.338 e. The summed E-state index contributed by atoms with van der Waals surface area (Å²) in [5.74, 6) is -0.103. The second-order valence-electron chi connectivity index (χ2n) is 4.42. The molecule has 0 saturated heterocycles. The van der Waals surface area contributed by atoms with Crippen LogP contribution in [0.4, 0.5) is 5.69 Å². The molecular weight excluding hydrogens is 252 g/mol. The molecule has 100 valence electrons. The highest BCUT2D eigenvalue weighted by molar-refractivity contribution is 5.95. The minimum absolute atomic E-state index is 0.103. The zero-order valence-corrected chi connectivity index (χ0v) is 10.7. The first-order valence-electron chi connectivity index (χ1n) is 6.31. The molecule has 5 nitrogen and oxygen atoms in total. The van der Waals surface area contributed by atoms with Gasteiger partial charge in [-0.1, -0.05) is 30.3 Å². The number of aromatic nitrogens is 3. The van der Waals surface area contributed by atoms with Crippen LogP contribution in [0.2, 0.25) is 0 Å². The third-order valence-corrected chi connectivity index (χ3v) is 3.06. The second kappa shape index (κ2) is 5.44. The highest BCUT2D eigenvalue weighted by atomic mass is 16.2. The molecule has 0 spiro atoms. The first kappa shape index (κ1) is 12.2. The van der Waals surface area contributed by atoms with Crippen molar-refractivity contribution >= 4 is 11.6 Å². The maximum absolute atomic E-state index is 12.5. The van der Waals surface area contributed by atoms with Gasteiger partial charge in [-0.15, -0.1) is 0 Å². The molecule has 0 bridgehead atoms. The van der Waals surface area contributed by atoms with Crippen LogP contribution in [0.5, 0.6) is 0 Å². The molecule has 1 atom stereocenters. The average Bonchev–Trinajstić information content (AvgIpc) is 3.14. The molecule has 1 unspecified atom stereocenters. The summed E-state index contributed by atoms with van der Waals surface area (Å²) in [6.45, 7) is 0. The molecule has 2 heterocycles. The molecule has 2 aromatic heterocycles. The number of hydrogen-bond donors (Lipinski definition) is 2. The Morgan fingerprint density at radius 2 is 1.90 bits per heavy atom. The quantitative estimate of drug-likeness (QED) is 0.762. The summed E-state index contributed by atoms with van der Waals surface area (Å²) >= 11 is 0. The number of aromatic amines is 1. The Morgan fingerprint density at radius 3 is 2.55 bits per heavy atom. The van der Waals surface area contributed by atoms with Gasteiger partial charge in [0.25, 0.3) is 5.91 Å². The topological polar surface area (TPSA) is 62.7 Å². The lowest BCUT2D eigenvalue weighted by molar-refractivity contribution is -0.118. The van der Waals surface area contributed by atoms with E-state index in [1.54, 1.807) is 12.4 Å². The summed E-state index contributed by atoms with van der Waals surface area (Å²) < 4.78 is 1.88. The third-order valence-electron chi connectivity index (χ3n) is 3.06. The van der Waals surface area contributed by atoms with Gasteiger partial charge < -0.3 is 9.88 Å². The van der Waals surface area contributed by atoms with Crippen molar-refractivity contribution in [3.05, 3.63) is 72.8 Å². The van der Waals surface area contributed by atoms with Gasteiger partial charge in [0.05, 0.1) is 11.9 Å². The maximum Gasteiger partial charge on any atom is 0.252 e. The van der Waals surface area contributed by atoms with Gasteiger partial charge in [-0.05, 0) is 17.7 Å². The van der Waals surface area contributed by atoms with Crippen LogP contribution in [0.15, 0.2) is 67.3 Å². The van der Waals surface area contributed by atoms with E-state index < -0.39 is 6.04 Å².